The Bertz CT molecular complexity index is 690. The van der Waals surface area contributed by atoms with Gasteiger partial charge in [0, 0.05) is 16.4 Å². The Balaban J connectivity index is 1.85. The van der Waals surface area contributed by atoms with Gasteiger partial charge in [-0.1, -0.05) is 29.8 Å². The number of anilines is 2. The van der Waals surface area contributed by atoms with Crippen molar-refractivity contribution in [2.75, 3.05) is 11.1 Å². The summed E-state index contributed by atoms with van der Waals surface area (Å²) >= 11 is 6.00. The predicted octanol–water partition coefficient (Wildman–Crippen LogP) is 3.90. The van der Waals surface area contributed by atoms with Crippen molar-refractivity contribution in [2.24, 2.45) is 0 Å². The number of aryl methyl sites for hydroxylation is 1. The average Bonchev–Trinajstić information content (AvgIpc) is 3.25. The highest BCUT2D eigenvalue weighted by Gasteiger charge is 2.51. The molecule has 108 valence electrons. The number of amides is 1. The van der Waals surface area contributed by atoms with Crippen molar-refractivity contribution in [3.05, 3.63) is 58.6 Å². The lowest BCUT2D eigenvalue weighted by atomic mass is 9.94. The Morgan fingerprint density at radius 1 is 1.19 bits per heavy atom. The molecule has 1 aliphatic rings. The van der Waals surface area contributed by atoms with Gasteiger partial charge in [0.05, 0.1) is 5.41 Å². The number of nitrogens with one attached hydrogen (secondary N) is 1. The van der Waals surface area contributed by atoms with Crippen molar-refractivity contribution < 1.29 is 4.79 Å². The van der Waals surface area contributed by atoms with E-state index < -0.39 is 5.41 Å². The number of hydrogen-bond acceptors (Lipinski definition) is 2. The third-order valence-corrected chi connectivity index (χ3v) is 4.33. The van der Waals surface area contributed by atoms with E-state index in [4.69, 9.17) is 17.3 Å². The maximum atomic E-state index is 12.7. The van der Waals surface area contributed by atoms with Crippen molar-refractivity contribution in [1.82, 2.24) is 0 Å². The summed E-state index contributed by atoms with van der Waals surface area (Å²) in [6.07, 6.45) is 1.73. The Hall–Kier alpha value is -2.00. The molecule has 1 aliphatic carbocycles. The third kappa shape index (κ3) is 2.61. The summed E-state index contributed by atoms with van der Waals surface area (Å²) in [6.45, 7) is 1.95. The Kier molecular flexibility index (Phi) is 3.38. The summed E-state index contributed by atoms with van der Waals surface area (Å²) < 4.78 is 0. The van der Waals surface area contributed by atoms with Gasteiger partial charge in [0.25, 0.3) is 0 Å². The van der Waals surface area contributed by atoms with Gasteiger partial charge in [-0.3, -0.25) is 4.79 Å². The maximum Gasteiger partial charge on any atom is 0.235 e. The minimum absolute atomic E-state index is 0.0256. The van der Waals surface area contributed by atoms with Crippen LogP contribution in [0.4, 0.5) is 11.4 Å². The zero-order valence-corrected chi connectivity index (χ0v) is 12.6. The third-order valence-electron chi connectivity index (χ3n) is 4.10. The quantitative estimate of drug-likeness (QED) is 0.845. The second-order valence-corrected chi connectivity index (χ2v) is 6.05. The van der Waals surface area contributed by atoms with Gasteiger partial charge < -0.3 is 11.1 Å². The SMILES string of the molecule is Cc1ccc(Cl)cc1NC(=O)C1(c2ccc(N)cc2)CC1. The zero-order valence-electron chi connectivity index (χ0n) is 11.8. The van der Waals surface area contributed by atoms with Crippen LogP contribution in [-0.2, 0) is 10.2 Å². The van der Waals surface area contributed by atoms with Gasteiger partial charge >= 0.3 is 0 Å². The van der Waals surface area contributed by atoms with Crippen LogP contribution in [0.1, 0.15) is 24.0 Å². The van der Waals surface area contributed by atoms with E-state index in [2.05, 4.69) is 5.32 Å². The normalized spacial score (nSPS) is 15.5. The molecule has 1 amide bonds. The second-order valence-electron chi connectivity index (χ2n) is 5.62. The highest BCUT2D eigenvalue weighted by Crippen LogP contribution is 2.49. The van der Waals surface area contributed by atoms with Gasteiger partial charge in [0.15, 0.2) is 0 Å². The van der Waals surface area contributed by atoms with Crippen LogP contribution < -0.4 is 11.1 Å². The van der Waals surface area contributed by atoms with Crippen LogP contribution in [0.5, 0.6) is 0 Å². The lowest BCUT2D eigenvalue weighted by Crippen LogP contribution is -2.28. The molecule has 21 heavy (non-hydrogen) atoms. The fraction of sp³-hybridized carbons (Fsp3) is 0.235. The number of carbonyl (C=O) groups is 1. The van der Waals surface area contributed by atoms with Crippen molar-refractivity contribution in [2.45, 2.75) is 25.2 Å². The molecule has 1 saturated carbocycles. The van der Waals surface area contributed by atoms with E-state index >= 15 is 0 Å². The number of hydrogen-bond donors (Lipinski definition) is 2. The summed E-state index contributed by atoms with van der Waals surface area (Å²) in [4.78, 5) is 12.7. The molecule has 0 radical (unpaired) electrons. The summed E-state index contributed by atoms with van der Waals surface area (Å²) in [7, 11) is 0. The molecule has 0 bridgehead atoms. The Morgan fingerprint density at radius 2 is 1.86 bits per heavy atom. The van der Waals surface area contributed by atoms with E-state index in [0.29, 0.717) is 10.7 Å². The molecule has 4 heteroatoms. The molecule has 0 heterocycles. The minimum Gasteiger partial charge on any atom is -0.399 e. The number of halogens is 1. The molecule has 3 nitrogen and oxygen atoms in total. The fourth-order valence-corrected chi connectivity index (χ4v) is 2.72. The molecule has 0 saturated heterocycles. The number of nitrogens with two attached hydrogens (primary N) is 1. The van der Waals surface area contributed by atoms with E-state index in [-0.39, 0.29) is 5.91 Å². The molecule has 0 atom stereocenters. The van der Waals surface area contributed by atoms with E-state index in [1.165, 1.54) is 0 Å². The van der Waals surface area contributed by atoms with Crippen molar-refractivity contribution in [1.29, 1.82) is 0 Å². The van der Waals surface area contributed by atoms with Gasteiger partial charge in [0.2, 0.25) is 5.91 Å². The average molecular weight is 301 g/mol. The van der Waals surface area contributed by atoms with Gasteiger partial charge in [-0.05, 0) is 55.2 Å². The van der Waals surface area contributed by atoms with Crippen LogP contribution in [0.15, 0.2) is 42.5 Å². The largest absolute Gasteiger partial charge is 0.399 e. The monoisotopic (exact) mass is 300 g/mol. The Morgan fingerprint density at radius 3 is 2.48 bits per heavy atom. The fourth-order valence-electron chi connectivity index (χ4n) is 2.54. The molecule has 1 fully saturated rings. The molecule has 0 unspecified atom stereocenters. The van der Waals surface area contributed by atoms with Crippen molar-refractivity contribution in [3.8, 4) is 0 Å². The first-order chi connectivity index (χ1) is 10.0. The first-order valence-corrected chi connectivity index (χ1v) is 7.33. The molecule has 0 spiro atoms. The highest BCUT2D eigenvalue weighted by molar-refractivity contribution is 6.31. The van der Waals surface area contributed by atoms with E-state index in [1.807, 2.05) is 43.3 Å². The van der Waals surface area contributed by atoms with Crippen LogP contribution in [-0.4, -0.2) is 5.91 Å². The lowest BCUT2D eigenvalue weighted by molar-refractivity contribution is -0.118. The molecular formula is C17H17ClN2O. The van der Waals surface area contributed by atoms with Crippen LogP contribution in [0.2, 0.25) is 5.02 Å². The van der Waals surface area contributed by atoms with Gasteiger partial charge in [0.1, 0.15) is 0 Å². The van der Waals surface area contributed by atoms with Gasteiger partial charge in [-0.2, -0.15) is 0 Å². The van der Waals surface area contributed by atoms with Crippen LogP contribution >= 0.6 is 11.6 Å². The molecule has 0 aliphatic heterocycles. The number of rotatable bonds is 3. The topological polar surface area (TPSA) is 55.1 Å². The summed E-state index contributed by atoms with van der Waals surface area (Å²) in [5.41, 5.74) is 8.80. The molecule has 0 aromatic heterocycles. The maximum absolute atomic E-state index is 12.7. The predicted molar refractivity (Wildman–Crippen MR) is 86.6 cm³/mol. The van der Waals surface area contributed by atoms with Crippen molar-refractivity contribution >= 4 is 28.9 Å². The standard InChI is InChI=1S/C17H17ClN2O/c1-11-2-5-13(18)10-15(11)20-16(21)17(8-9-17)12-3-6-14(19)7-4-12/h2-7,10H,8-9,19H2,1H3,(H,20,21). The minimum atomic E-state index is -0.414. The summed E-state index contributed by atoms with van der Waals surface area (Å²) in [5, 5.41) is 3.63. The van der Waals surface area contributed by atoms with Crippen LogP contribution in [0.3, 0.4) is 0 Å². The molecule has 2 aromatic rings. The Labute approximate surface area is 129 Å². The molecule has 3 rings (SSSR count). The number of carbonyl (C=O) groups excluding carboxylic acids is 1. The highest BCUT2D eigenvalue weighted by atomic mass is 35.5. The summed E-state index contributed by atoms with van der Waals surface area (Å²) in [5.74, 6) is 0.0256. The van der Waals surface area contributed by atoms with Crippen molar-refractivity contribution in [3.63, 3.8) is 0 Å². The number of nitrogen functional groups attached to an aromatic ring is 1. The van der Waals surface area contributed by atoms with Gasteiger partial charge in [-0.25, -0.2) is 0 Å². The van der Waals surface area contributed by atoms with E-state index in [9.17, 15) is 4.79 Å². The summed E-state index contributed by atoms with van der Waals surface area (Å²) in [6, 6.07) is 13.1. The van der Waals surface area contributed by atoms with E-state index in [1.54, 1.807) is 6.07 Å². The first kappa shape index (κ1) is 14.0. The number of benzene rings is 2. The van der Waals surface area contributed by atoms with Crippen LogP contribution in [0.25, 0.3) is 0 Å². The smallest absolute Gasteiger partial charge is 0.235 e. The van der Waals surface area contributed by atoms with Crippen LogP contribution in [0, 0.1) is 6.92 Å². The van der Waals surface area contributed by atoms with Gasteiger partial charge in [-0.15, -0.1) is 0 Å². The molecule has 3 N–H and O–H groups in total. The van der Waals surface area contributed by atoms with E-state index in [0.717, 1.165) is 29.7 Å². The molecule has 2 aromatic carbocycles. The first-order valence-electron chi connectivity index (χ1n) is 6.95. The second kappa shape index (κ2) is 5.08. The zero-order chi connectivity index (χ0) is 15.0. The lowest BCUT2D eigenvalue weighted by Gasteiger charge is -2.17. The molecular weight excluding hydrogens is 284 g/mol.